The monoisotopic (exact) mass is 376 g/mol. The highest BCUT2D eigenvalue weighted by atomic mass is 35.5. The van der Waals surface area contributed by atoms with Crippen molar-refractivity contribution in [2.45, 2.75) is 31.8 Å². The fourth-order valence-electron chi connectivity index (χ4n) is 2.63. The molecule has 1 fully saturated rings. The quantitative estimate of drug-likeness (QED) is 0.650. The summed E-state index contributed by atoms with van der Waals surface area (Å²) in [5.41, 5.74) is 0.501. The second-order valence-electron chi connectivity index (χ2n) is 5.66. The van der Waals surface area contributed by atoms with E-state index in [9.17, 15) is 4.79 Å². The van der Waals surface area contributed by atoms with Crippen molar-refractivity contribution in [1.29, 1.82) is 0 Å². The number of amides is 1. The second kappa shape index (κ2) is 11.5. The average Bonchev–Trinajstić information content (AvgIpc) is 3.05. The third kappa shape index (κ3) is 6.85. The highest BCUT2D eigenvalue weighted by Gasteiger charge is 2.20. The summed E-state index contributed by atoms with van der Waals surface area (Å²) >= 11 is 6.03. The van der Waals surface area contributed by atoms with Crippen molar-refractivity contribution in [2.75, 3.05) is 33.4 Å². The van der Waals surface area contributed by atoms with Crippen molar-refractivity contribution in [3.8, 4) is 5.75 Å². The van der Waals surface area contributed by atoms with Crippen molar-refractivity contribution >= 4 is 29.9 Å². The summed E-state index contributed by atoms with van der Waals surface area (Å²) in [6.45, 7) is 2.65. The summed E-state index contributed by atoms with van der Waals surface area (Å²) in [7, 11) is 1.66. The Hall–Kier alpha value is -1.01. The maximum atomic E-state index is 12.4. The Bertz CT molecular complexity index is 509. The number of halogens is 2. The molecule has 2 rings (SSSR count). The summed E-state index contributed by atoms with van der Waals surface area (Å²) in [4.78, 5) is 12.4. The van der Waals surface area contributed by atoms with Crippen LogP contribution in [0, 0.1) is 0 Å². The molecule has 0 bridgehead atoms. The molecule has 0 saturated heterocycles. The largest absolute Gasteiger partial charge is 0.490 e. The lowest BCUT2D eigenvalue weighted by molar-refractivity contribution is 0.0946. The molecule has 0 radical (unpaired) electrons. The SMILES string of the molecule is COCCNCCNC(=O)c1cc(Cl)ccc1OC1CCCC1.Cl. The zero-order chi connectivity index (χ0) is 16.5. The first-order valence-corrected chi connectivity index (χ1v) is 8.52. The van der Waals surface area contributed by atoms with E-state index in [0.717, 1.165) is 19.4 Å². The number of hydrogen-bond donors (Lipinski definition) is 2. The van der Waals surface area contributed by atoms with E-state index in [-0.39, 0.29) is 24.4 Å². The van der Waals surface area contributed by atoms with Gasteiger partial charge in [0, 0.05) is 31.8 Å². The van der Waals surface area contributed by atoms with Crippen LogP contribution in [0.5, 0.6) is 5.75 Å². The fraction of sp³-hybridized carbons (Fsp3) is 0.588. The van der Waals surface area contributed by atoms with Crippen molar-refractivity contribution < 1.29 is 14.3 Å². The lowest BCUT2D eigenvalue weighted by Gasteiger charge is -2.16. The molecule has 0 atom stereocenters. The van der Waals surface area contributed by atoms with Crippen LogP contribution in [0.2, 0.25) is 5.02 Å². The molecule has 136 valence electrons. The molecule has 1 aliphatic carbocycles. The molecule has 2 N–H and O–H groups in total. The molecule has 7 heteroatoms. The van der Waals surface area contributed by atoms with Gasteiger partial charge in [-0.3, -0.25) is 4.79 Å². The first-order valence-electron chi connectivity index (χ1n) is 8.15. The molecule has 1 saturated carbocycles. The van der Waals surface area contributed by atoms with Crippen LogP contribution in [0.1, 0.15) is 36.0 Å². The molecule has 0 aromatic heterocycles. The van der Waals surface area contributed by atoms with Gasteiger partial charge in [0.1, 0.15) is 5.75 Å². The van der Waals surface area contributed by atoms with Crippen LogP contribution >= 0.6 is 24.0 Å². The number of carbonyl (C=O) groups excluding carboxylic acids is 1. The lowest BCUT2D eigenvalue weighted by Crippen LogP contribution is -2.33. The smallest absolute Gasteiger partial charge is 0.255 e. The van der Waals surface area contributed by atoms with E-state index in [2.05, 4.69) is 10.6 Å². The van der Waals surface area contributed by atoms with E-state index >= 15 is 0 Å². The van der Waals surface area contributed by atoms with Gasteiger partial charge in [0.15, 0.2) is 0 Å². The normalized spacial score (nSPS) is 14.2. The molecule has 0 aliphatic heterocycles. The predicted molar refractivity (Wildman–Crippen MR) is 98.7 cm³/mol. The number of carbonyl (C=O) groups is 1. The van der Waals surface area contributed by atoms with Crippen LogP contribution in [0.4, 0.5) is 0 Å². The Balaban J connectivity index is 0.00000288. The van der Waals surface area contributed by atoms with E-state index in [1.54, 1.807) is 25.3 Å². The third-order valence-electron chi connectivity index (χ3n) is 3.85. The summed E-state index contributed by atoms with van der Waals surface area (Å²) in [6, 6.07) is 5.21. The highest BCUT2D eigenvalue weighted by Crippen LogP contribution is 2.28. The number of benzene rings is 1. The Morgan fingerprint density at radius 3 is 2.71 bits per heavy atom. The van der Waals surface area contributed by atoms with Gasteiger partial charge in [-0.2, -0.15) is 0 Å². The Kier molecular flexibility index (Phi) is 10.1. The zero-order valence-corrected chi connectivity index (χ0v) is 15.5. The van der Waals surface area contributed by atoms with E-state index < -0.39 is 0 Å². The Labute approximate surface area is 154 Å². The number of rotatable bonds is 9. The minimum Gasteiger partial charge on any atom is -0.490 e. The van der Waals surface area contributed by atoms with Gasteiger partial charge in [-0.15, -0.1) is 12.4 Å². The molecule has 24 heavy (non-hydrogen) atoms. The molecule has 5 nitrogen and oxygen atoms in total. The van der Waals surface area contributed by atoms with Crippen LogP contribution in [0.15, 0.2) is 18.2 Å². The summed E-state index contributed by atoms with van der Waals surface area (Å²) in [6.07, 6.45) is 4.68. The van der Waals surface area contributed by atoms with Crippen molar-refractivity contribution in [3.63, 3.8) is 0 Å². The topological polar surface area (TPSA) is 59.6 Å². The molecule has 0 spiro atoms. The zero-order valence-electron chi connectivity index (χ0n) is 14.0. The number of hydrogen-bond acceptors (Lipinski definition) is 4. The Morgan fingerprint density at radius 1 is 1.25 bits per heavy atom. The standard InChI is InChI=1S/C17H25ClN2O3.ClH/c1-22-11-10-19-8-9-20-17(21)15-12-13(18)6-7-16(15)23-14-4-2-3-5-14;/h6-7,12,14,19H,2-5,8-11H2,1H3,(H,20,21);1H. The van der Waals surface area contributed by atoms with E-state index in [1.165, 1.54) is 12.8 Å². The summed E-state index contributed by atoms with van der Waals surface area (Å²) in [5.74, 6) is 0.459. The fourth-order valence-corrected chi connectivity index (χ4v) is 2.80. The molecule has 1 aliphatic rings. The van der Waals surface area contributed by atoms with Crippen LogP contribution in [-0.2, 0) is 4.74 Å². The maximum Gasteiger partial charge on any atom is 0.255 e. The molecular weight excluding hydrogens is 351 g/mol. The van der Waals surface area contributed by atoms with E-state index in [1.807, 2.05) is 0 Å². The minimum atomic E-state index is -0.158. The number of methoxy groups -OCH3 is 1. The van der Waals surface area contributed by atoms with Crippen LogP contribution in [0.25, 0.3) is 0 Å². The lowest BCUT2D eigenvalue weighted by atomic mass is 10.1. The van der Waals surface area contributed by atoms with Gasteiger partial charge < -0.3 is 20.1 Å². The number of ether oxygens (including phenoxy) is 2. The van der Waals surface area contributed by atoms with Gasteiger partial charge in [-0.1, -0.05) is 11.6 Å². The average molecular weight is 377 g/mol. The minimum absolute atomic E-state index is 0. The predicted octanol–water partition coefficient (Wildman–Crippen LogP) is 3.05. The summed E-state index contributed by atoms with van der Waals surface area (Å²) < 4.78 is 10.9. The van der Waals surface area contributed by atoms with Gasteiger partial charge >= 0.3 is 0 Å². The van der Waals surface area contributed by atoms with Crippen molar-refractivity contribution in [2.24, 2.45) is 0 Å². The molecule has 1 aromatic carbocycles. The van der Waals surface area contributed by atoms with E-state index in [4.69, 9.17) is 21.1 Å². The molecule has 1 aromatic rings. The van der Waals surface area contributed by atoms with E-state index in [0.29, 0.717) is 36.0 Å². The van der Waals surface area contributed by atoms with Gasteiger partial charge in [-0.05, 0) is 43.9 Å². The van der Waals surface area contributed by atoms with Gasteiger partial charge in [-0.25, -0.2) is 0 Å². The first-order chi connectivity index (χ1) is 11.2. The van der Waals surface area contributed by atoms with Crippen molar-refractivity contribution in [1.82, 2.24) is 10.6 Å². The van der Waals surface area contributed by atoms with Crippen LogP contribution in [0.3, 0.4) is 0 Å². The first kappa shape index (κ1) is 21.0. The van der Waals surface area contributed by atoms with Crippen molar-refractivity contribution in [3.05, 3.63) is 28.8 Å². The molecule has 0 heterocycles. The third-order valence-corrected chi connectivity index (χ3v) is 4.09. The van der Waals surface area contributed by atoms with Crippen LogP contribution < -0.4 is 15.4 Å². The molecule has 1 amide bonds. The molecular formula is C17H26Cl2N2O3. The molecule has 0 unspecified atom stereocenters. The highest BCUT2D eigenvalue weighted by molar-refractivity contribution is 6.31. The second-order valence-corrected chi connectivity index (χ2v) is 6.10. The number of nitrogens with one attached hydrogen (secondary N) is 2. The van der Waals surface area contributed by atoms with Crippen LogP contribution in [-0.4, -0.2) is 45.4 Å². The Morgan fingerprint density at radius 2 is 2.00 bits per heavy atom. The van der Waals surface area contributed by atoms with Gasteiger partial charge in [0.2, 0.25) is 0 Å². The van der Waals surface area contributed by atoms with Gasteiger partial charge in [0.05, 0.1) is 18.3 Å². The maximum absolute atomic E-state index is 12.4. The van der Waals surface area contributed by atoms with Gasteiger partial charge in [0.25, 0.3) is 5.91 Å². The summed E-state index contributed by atoms with van der Waals surface area (Å²) in [5, 5.41) is 6.60.